The van der Waals surface area contributed by atoms with Crippen molar-refractivity contribution in [2.24, 2.45) is 0 Å². The molecule has 6 nitrogen and oxygen atoms in total. The Hall–Kier alpha value is -2.83. The second-order valence-corrected chi connectivity index (χ2v) is 6.97. The highest BCUT2D eigenvalue weighted by atomic mass is 16.5. The van der Waals surface area contributed by atoms with Gasteiger partial charge in [-0.25, -0.2) is 0 Å². The second kappa shape index (κ2) is 6.72. The first-order chi connectivity index (χ1) is 13.3. The molecule has 0 aromatic heterocycles. The van der Waals surface area contributed by atoms with Gasteiger partial charge in [0.1, 0.15) is 12.1 Å². The fourth-order valence-electron chi connectivity index (χ4n) is 4.21. The summed E-state index contributed by atoms with van der Waals surface area (Å²) in [5.74, 6) is 0.0768. The van der Waals surface area contributed by atoms with Gasteiger partial charge >= 0.3 is 0 Å². The summed E-state index contributed by atoms with van der Waals surface area (Å²) < 4.78 is 5.51. The van der Waals surface area contributed by atoms with Gasteiger partial charge in [0.2, 0.25) is 0 Å². The number of fused-ring (bicyclic) bond motifs is 1. The van der Waals surface area contributed by atoms with Crippen LogP contribution in [0.1, 0.15) is 17.2 Å². The van der Waals surface area contributed by atoms with E-state index in [0.717, 1.165) is 29.9 Å². The van der Waals surface area contributed by atoms with Crippen molar-refractivity contribution in [1.82, 2.24) is 20.5 Å². The Kier molecular flexibility index (Phi) is 4.07. The first-order valence-electron chi connectivity index (χ1n) is 9.36. The van der Waals surface area contributed by atoms with E-state index in [9.17, 15) is 4.79 Å². The van der Waals surface area contributed by atoms with Gasteiger partial charge in [-0.15, -0.1) is 0 Å². The number of hydrazine groups is 2. The lowest BCUT2D eigenvalue weighted by atomic mass is 9.97. The number of benzene rings is 2. The number of rotatable bonds is 3. The summed E-state index contributed by atoms with van der Waals surface area (Å²) in [6.07, 6.45) is 1.92. The Morgan fingerprint density at radius 2 is 1.56 bits per heavy atom. The van der Waals surface area contributed by atoms with Crippen molar-refractivity contribution in [3.63, 3.8) is 0 Å². The summed E-state index contributed by atoms with van der Waals surface area (Å²) in [6, 6.07) is 20.2. The maximum atomic E-state index is 13.4. The van der Waals surface area contributed by atoms with Gasteiger partial charge in [-0.3, -0.25) is 20.1 Å². The standard InChI is InChI=1S/C21H22N4O2/c26-21-20(23-11-13-27-14-12-23)19(17-9-5-2-6-10-17)24-18(15-22-25(21)24)16-7-3-1-4-8-16/h1-10,15,19-20,22H,11-14H2/t19-,20-/m1/s1. The Morgan fingerprint density at radius 1 is 0.889 bits per heavy atom. The SMILES string of the molecule is O=C1[C@H](N2CCOCC2)[C@@H](c2ccccc2)N2C(c3ccccc3)=CNN12. The Bertz CT molecular complexity index is 849. The summed E-state index contributed by atoms with van der Waals surface area (Å²) in [5, 5.41) is 3.77. The molecule has 27 heavy (non-hydrogen) atoms. The lowest BCUT2D eigenvalue weighted by Crippen LogP contribution is -2.50. The molecular weight excluding hydrogens is 340 g/mol. The molecule has 0 spiro atoms. The second-order valence-electron chi connectivity index (χ2n) is 6.97. The lowest BCUT2D eigenvalue weighted by Gasteiger charge is -2.35. The molecule has 138 valence electrons. The van der Waals surface area contributed by atoms with Crippen LogP contribution in [0.15, 0.2) is 66.9 Å². The van der Waals surface area contributed by atoms with Crippen LogP contribution in [-0.2, 0) is 9.53 Å². The molecule has 2 atom stereocenters. The molecule has 2 aromatic carbocycles. The third-order valence-electron chi connectivity index (χ3n) is 5.46. The summed E-state index contributed by atoms with van der Waals surface area (Å²) in [7, 11) is 0. The van der Waals surface area contributed by atoms with E-state index < -0.39 is 0 Å². The molecule has 0 unspecified atom stereocenters. The predicted octanol–water partition coefficient (Wildman–Crippen LogP) is 2.00. The molecule has 0 radical (unpaired) electrons. The molecule has 6 heteroatoms. The molecule has 1 N–H and O–H groups in total. The molecule has 2 aromatic rings. The first-order valence-corrected chi connectivity index (χ1v) is 9.36. The Balaban J connectivity index is 1.58. The van der Waals surface area contributed by atoms with Crippen LogP contribution in [0.2, 0.25) is 0 Å². The minimum Gasteiger partial charge on any atom is -0.379 e. The van der Waals surface area contributed by atoms with Crippen LogP contribution in [0.3, 0.4) is 0 Å². The quantitative estimate of drug-likeness (QED) is 0.905. The molecule has 3 heterocycles. The molecule has 3 aliphatic heterocycles. The van der Waals surface area contributed by atoms with E-state index in [1.807, 2.05) is 42.6 Å². The van der Waals surface area contributed by atoms with E-state index >= 15 is 0 Å². The van der Waals surface area contributed by atoms with Gasteiger partial charge in [-0.05, 0) is 5.56 Å². The van der Waals surface area contributed by atoms with Crippen LogP contribution in [-0.4, -0.2) is 53.3 Å². The normalized spacial score (nSPS) is 25.3. The zero-order valence-corrected chi connectivity index (χ0v) is 15.0. The van der Waals surface area contributed by atoms with Crippen LogP contribution in [0, 0.1) is 0 Å². The van der Waals surface area contributed by atoms with Crippen LogP contribution in [0.5, 0.6) is 0 Å². The summed E-state index contributed by atoms with van der Waals surface area (Å²) in [6.45, 7) is 2.87. The maximum absolute atomic E-state index is 13.4. The van der Waals surface area contributed by atoms with E-state index in [4.69, 9.17) is 4.74 Å². The van der Waals surface area contributed by atoms with Crippen LogP contribution in [0.25, 0.3) is 5.70 Å². The van der Waals surface area contributed by atoms with Gasteiger partial charge in [-0.2, -0.15) is 5.12 Å². The topological polar surface area (TPSA) is 48.1 Å². The van der Waals surface area contributed by atoms with Crippen molar-refractivity contribution in [3.8, 4) is 0 Å². The zero-order chi connectivity index (χ0) is 18.2. The van der Waals surface area contributed by atoms with Gasteiger partial charge in [0.25, 0.3) is 5.91 Å². The van der Waals surface area contributed by atoms with E-state index in [1.165, 1.54) is 0 Å². The number of nitrogens with zero attached hydrogens (tertiary/aromatic N) is 3. The maximum Gasteiger partial charge on any atom is 0.280 e. The number of hydrogen-bond donors (Lipinski definition) is 1. The van der Waals surface area contributed by atoms with Crippen molar-refractivity contribution in [3.05, 3.63) is 78.0 Å². The lowest BCUT2D eigenvalue weighted by molar-refractivity contribution is -0.141. The average molecular weight is 362 g/mol. The fourth-order valence-corrected chi connectivity index (χ4v) is 4.21. The highest BCUT2D eigenvalue weighted by Gasteiger charge is 2.53. The van der Waals surface area contributed by atoms with Gasteiger partial charge in [-0.1, -0.05) is 60.7 Å². The van der Waals surface area contributed by atoms with Gasteiger partial charge < -0.3 is 4.74 Å². The van der Waals surface area contributed by atoms with Crippen molar-refractivity contribution in [1.29, 1.82) is 0 Å². The first kappa shape index (κ1) is 16.4. The van der Waals surface area contributed by atoms with E-state index in [0.29, 0.717) is 13.2 Å². The van der Waals surface area contributed by atoms with Crippen molar-refractivity contribution in [2.45, 2.75) is 12.1 Å². The monoisotopic (exact) mass is 362 g/mol. The number of hydrogen-bond acceptors (Lipinski definition) is 5. The van der Waals surface area contributed by atoms with Gasteiger partial charge in [0, 0.05) is 24.9 Å². The molecule has 0 bridgehead atoms. The molecular formula is C21H22N4O2. The smallest absolute Gasteiger partial charge is 0.280 e. The summed E-state index contributed by atoms with van der Waals surface area (Å²) >= 11 is 0. The Morgan fingerprint density at radius 3 is 2.26 bits per heavy atom. The van der Waals surface area contributed by atoms with E-state index in [1.54, 1.807) is 5.12 Å². The highest BCUT2D eigenvalue weighted by molar-refractivity contribution is 5.88. The minimum absolute atomic E-state index is 0.0768. The molecule has 2 fully saturated rings. The third-order valence-corrected chi connectivity index (χ3v) is 5.46. The van der Waals surface area contributed by atoms with Crippen LogP contribution < -0.4 is 5.43 Å². The van der Waals surface area contributed by atoms with Crippen molar-refractivity contribution in [2.75, 3.05) is 26.3 Å². The van der Waals surface area contributed by atoms with Gasteiger partial charge in [0.15, 0.2) is 0 Å². The number of ether oxygens (including phenoxy) is 1. The molecule has 1 amide bonds. The van der Waals surface area contributed by atoms with Crippen LogP contribution >= 0.6 is 0 Å². The number of nitrogens with one attached hydrogen (secondary N) is 1. The minimum atomic E-state index is -0.240. The number of carbonyl (C=O) groups is 1. The number of carbonyl (C=O) groups excluding carboxylic acids is 1. The number of amides is 1. The molecule has 5 rings (SSSR count). The molecule has 0 saturated carbocycles. The summed E-state index contributed by atoms with van der Waals surface area (Å²) in [4.78, 5) is 15.6. The van der Waals surface area contributed by atoms with E-state index in [2.05, 4.69) is 39.6 Å². The van der Waals surface area contributed by atoms with E-state index in [-0.39, 0.29) is 18.0 Å². The summed E-state index contributed by atoms with van der Waals surface area (Å²) in [5.41, 5.74) is 6.40. The van der Waals surface area contributed by atoms with Gasteiger partial charge in [0.05, 0.1) is 18.9 Å². The van der Waals surface area contributed by atoms with Crippen molar-refractivity contribution < 1.29 is 9.53 Å². The molecule has 3 aliphatic rings. The molecule has 2 saturated heterocycles. The zero-order valence-electron chi connectivity index (χ0n) is 15.0. The fraction of sp³-hybridized carbons (Fsp3) is 0.286. The molecule has 0 aliphatic carbocycles. The van der Waals surface area contributed by atoms with Crippen molar-refractivity contribution >= 4 is 11.6 Å². The number of morpholine rings is 1. The highest BCUT2D eigenvalue weighted by Crippen LogP contribution is 2.43. The largest absolute Gasteiger partial charge is 0.379 e. The Labute approximate surface area is 158 Å². The third kappa shape index (κ3) is 2.69. The average Bonchev–Trinajstić information content (AvgIpc) is 3.29. The van der Waals surface area contributed by atoms with Crippen LogP contribution in [0.4, 0.5) is 0 Å². The predicted molar refractivity (Wildman–Crippen MR) is 102 cm³/mol.